The molecule has 1 rings (SSSR count). The third-order valence-electron chi connectivity index (χ3n) is 0.667. The Bertz CT molecular complexity index is 108. The minimum Gasteiger partial charge on any atom is -0.405 e. The van der Waals surface area contributed by atoms with Crippen LogP contribution in [0.4, 0.5) is 0 Å². The van der Waals surface area contributed by atoms with Gasteiger partial charge < -0.3 is 5.73 Å². The lowest BCUT2D eigenvalue weighted by molar-refractivity contribution is 1.64. The molecule has 0 unspecified atom stereocenters. The summed E-state index contributed by atoms with van der Waals surface area (Å²) in [5.74, 6) is 0. The van der Waals surface area contributed by atoms with Crippen molar-refractivity contribution in [2.45, 2.75) is 0 Å². The third-order valence-corrected chi connectivity index (χ3v) is 0.667. The van der Waals surface area contributed by atoms with Crippen molar-refractivity contribution in [1.82, 2.24) is 0 Å². The topological polar surface area (TPSA) is 26.0 Å². The lowest BCUT2D eigenvalue weighted by atomic mass is 10.4. The fraction of sp³-hybridized carbons (Fsp3) is 0. The molecule has 0 aliphatic heterocycles. The lowest BCUT2D eigenvalue weighted by Crippen LogP contribution is -1.67. The van der Waals surface area contributed by atoms with E-state index in [-0.39, 0.29) is 0 Å². The summed E-state index contributed by atoms with van der Waals surface area (Å²) in [4.78, 5) is 0. The number of benzene rings is 1. The molecule has 0 amide bonds. The molecule has 0 atom stereocenters. The fourth-order valence-corrected chi connectivity index (χ4v) is 0.385. The van der Waals surface area contributed by atoms with E-state index < -0.39 is 0 Å². The van der Waals surface area contributed by atoms with Gasteiger partial charge in [-0.2, -0.15) is 0 Å². The second-order valence-corrected chi connectivity index (χ2v) is 1.39. The Balaban J connectivity index is 0.000000187. The normalized spacial score (nSPS) is 6.67. The fourth-order valence-electron chi connectivity index (χ4n) is 0.385. The van der Waals surface area contributed by atoms with E-state index in [4.69, 9.17) is 0 Å². The van der Waals surface area contributed by atoms with E-state index in [9.17, 15) is 0 Å². The average Bonchev–Trinajstić information content (AvgIpc) is 1.93. The summed E-state index contributed by atoms with van der Waals surface area (Å²) in [5.41, 5.74) is 4.61. The van der Waals surface area contributed by atoms with Crippen molar-refractivity contribution in [3.05, 3.63) is 49.2 Å². The van der Waals surface area contributed by atoms with E-state index in [1.54, 1.807) is 0 Å². The van der Waals surface area contributed by atoms with Gasteiger partial charge in [-0.25, -0.2) is 0 Å². The molecule has 48 valence electrons. The summed E-state index contributed by atoms with van der Waals surface area (Å²) in [6, 6.07) is 12.0. The standard InChI is InChI=1S/C6H6.C2H5N/c1-2-4-6-5-3-1;1-2-3/h1-6H;2H,1,3H2. The van der Waals surface area contributed by atoms with Crippen molar-refractivity contribution in [2.24, 2.45) is 5.73 Å². The number of hydrogen-bond donors (Lipinski definition) is 1. The van der Waals surface area contributed by atoms with Crippen molar-refractivity contribution < 1.29 is 0 Å². The Morgan fingerprint density at radius 1 is 0.889 bits per heavy atom. The highest BCUT2D eigenvalue weighted by atomic mass is 14.5. The first-order chi connectivity index (χ1) is 4.41. The highest BCUT2D eigenvalue weighted by Gasteiger charge is 1.57. The smallest absolute Gasteiger partial charge is 0.0136 e. The van der Waals surface area contributed by atoms with E-state index in [0.29, 0.717) is 0 Å². The largest absolute Gasteiger partial charge is 0.405 e. The SMILES string of the molecule is C=CN.c1ccccc1. The quantitative estimate of drug-likeness (QED) is 0.556. The first-order valence-corrected chi connectivity index (χ1v) is 2.74. The highest BCUT2D eigenvalue weighted by Crippen LogP contribution is 1.79. The minimum absolute atomic E-state index is 1.25. The first-order valence-electron chi connectivity index (χ1n) is 2.74. The molecular formula is C8H11N. The van der Waals surface area contributed by atoms with E-state index >= 15 is 0 Å². The van der Waals surface area contributed by atoms with Crippen molar-refractivity contribution in [3.8, 4) is 0 Å². The molecular weight excluding hydrogens is 110 g/mol. The zero-order chi connectivity index (χ0) is 6.95. The van der Waals surface area contributed by atoms with Crippen molar-refractivity contribution >= 4 is 0 Å². The van der Waals surface area contributed by atoms with Gasteiger partial charge in [0.25, 0.3) is 0 Å². The van der Waals surface area contributed by atoms with Gasteiger partial charge in [-0.1, -0.05) is 43.0 Å². The maximum atomic E-state index is 4.61. The molecule has 2 N–H and O–H groups in total. The Kier molecular flexibility index (Phi) is 5.83. The van der Waals surface area contributed by atoms with Gasteiger partial charge in [0.2, 0.25) is 0 Å². The van der Waals surface area contributed by atoms with Crippen molar-refractivity contribution in [2.75, 3.05) is 0 Å². The average molecular weight is 121 g/mol. The van der Waals surface area contributed by atoms with Gasteiger partial charge in [-0.15, -0.1) is 0 Å². The zero-order valence-electron chi connectivity index (χ0n) is 5.33. The van der Waals surface area contributed by atoms with Crippen LogP contribution in [0.25, 0.3) is 0 Å². The summed E-state index contributed by atoms with van der Waals surface area (Å²) < 4.78 is 0. The molecule has 0 fully saturated rings. The molecule has 9 heavy (non-hydrogen) atoms. The molecule has 1 heteroatoms. The third kappa shape index (κ3) is 6.76. The Morgan fingerprint density at radius 3 is 1.11 bits per heavy atom. The van der Waals surface area contributed by atoms with E-state index in [1.165, 1.54) is 6.20 Å². The number of rotatable bonds is 0. The van der Waals surface area contributed by atoms with Gasteiger partial charge >= 0.3 is 0 Å². The molecule has 1 aromatic rings. The predicted molar refractivity (Wildman–Crippen MR) is 40.8 cm³/mol. The Labute approximate surface area is 55.8 Å². The van der Waals surface area contributed by atoms with Crippen LogP contribution in [-0.2, 0) is 0 Å². The maximum Gasteiger partial charge on any atom is -0.0136 e. The van der Waals surface area contributed by atoms with Gasteiger partial charge in [0.15, 0.2) is 0 Å². The summed E-state index contributed by atoms with van der Waals surface area (Å²) in [5, 5.41) is 0. The van der Waals surface area contributed by atoms with Crippen molar-refractivity contribution in [1.29, 1.82) is 0 Å². The first kappa shape index (κ1) is 7.76. The molecule has 0 saturated heterocycles. The monoisotopic (exact) mass is 121 g/mol. The molecule has 0 aliphatic carbocycles. The number of nitrogens with two attached hydrogens (primary N) is 1. The van der Waals surface area contributed by atoms with Crippen LogP contribution in [0.3, 0.4) is 0 Å². The molecule has 0 aromatic heterocycles. The Morgan fingerprint density at radius 2 is 1.00 bits per heavy atom. The summed E-state index contributed by atoms with van der Waals surface area (Å²) in [6.45, 7) is 3.14. The van der Waals surface area contributed by atoms with Crippen LogP contribution in [-0.4, -0.2) is 0 Å². The highest BCUT2D eigenvalue weighted by molar-refractivity contribution is 4.99. The van der Waals surface area contributed by atoms with Gasteiger partial charge in [0, 0.05) is 0 Å². The van der Waals surface area contributed by atoms with Crippen molar-refractivity contribution in [3.63, 3.8) is 0 Å². The lowest BCUT2D eigenvalue weighted by Gasteiger charge is -1.69. The molecule has 0 saturated carbocycles. The molecule has 0 heterocycles. The zero-order valence-corrected chi connectivity index (χ0v) is 5.33. The Hall–Kier alpha value is -1.24. The van der Waals surface area contributed by atoms with E-state index in [1.807, 2.05) is 36.4 Å². The van der Waals surface area contributed by atoms with Gasteiger partial charge in [-0.3, -0.25) is 0 Å². The van der Waals surface area contributed by atoms with Crippen LogP contribution >= 0.6 is 0 Å². The van der Waals surface area contributed by atoms with Crippen LogP contribution in [0, 0.1) is 0 Å². The summed E-state index contributed by atoms with van der Waals surface area (Å²) >= 11 is 0. The van der Waals surface area contributed by atoms with Crippen LogP contribution in [0.2, 0.25) is 0 Å². The second kappa shape index (κ2) is 6.76. The maximum absolute atomic E-state index is 4.61. The van der Waals surface area contributed by atoms with Crippen LogP contribution in [0.15, 0.2) is 49.2 Å². The summed E-state index contributed by atoms with van der Waals surface area (Å²) in [6.07, 6.45) is 1.25. The van der Waals surface area contributed by atoms with Crippen LogP contribution < -0.4 is 5.73 Å². The molecule has 0 radical (unpaired) electrons. The van der Waals surface area contributed by atoms with Gasteiger partial charge in [0.1, 0.15) is 0 Å². The van der Waals surface area contributed by atoms with E-state index in [2.05, 4.69) is 12.3 Å². The predicted octanol–water partition coefficient (Wildman–Crippen LogP) is 1.78. The summed E-state index contributed by atoms with van der Waals surface area (Å²) in [7, 11) is 0. The number of hydrogen-bond acceptors (Lipinski definition) is 1. The van der Waals surface area contributed by atoms with E-state index in [0.717, 1.165) is 0 Å². The van der Waals surface area contributed by atoms with Gasteiger partial charge in [0.05, 0.1) is 0 Å². The molecule has 0 spiro atoms. The second-order valence-electron chi connectivity index (χ2n) is 1.39. The van der Waals surface area contributed by atoms with Crippen LogP contribution in [0.1, 0.15) is 0 Å². The minimum atomic E-state index is 1.25. The van der Waals surface area contributed by atoms with Crippen LogP contribution in [0.5, 0.6) is 0 Å². The molecule has 0 bridgehead atoms. The molecule has 0 aliphatic rings. The molecule has 1 aromatic carbocycles. The van der Waals surface area contributed by atoms with Gasteiger partial charge in [-0.05, 0) is 6.20 Å². The molecule has 1 nitrogen and oxygen atoms in total.